The van der Waals surface area contributed by atoms with E-state index in [4.69, 9.17) is 14.2 Å². The lowest BCUT2D eigenvalue weighted by atomic mass is 10.0. The molecule has 442 valence electrons. The molecule has 1 unspecified atom stereocenters. The van der Waals surface area contributed by atoms with Crippen molar-refractivity contribution in [1.29, 1.82) is 0 Å². The predicted molar refractivity (Wildman–Crippen MR) is 330 cm³/mol. The van der Waals surface area contributed by atoms with E-state index >= 15 is 0 Å². The highest BCUT2D eigenvalue weighted by molar-refractivity contribution is 5.71. The van der Waals surface area contributed by atoms with Crippen LogP contribution in [0.5, 0.6) is 0 Å². The fraction of sp³-hybridized carbons (Fsp3) is 0.814. The molecule has 0 radical (unpaired) electrons. The molecular formula is C70H126O6. The number of allylic oxidation sites excluding steroid dienone is 10. The molecule has 0 aliphatic carbocycles. The van der Waals surface area contributed by atoms with Crippen LogP contribution in [-0.2, 0) is 28.6 Å². The third-order valence-corrected chi connectivity index (χ3v) is 14.7. The van der Waals surface area contributed by atoms with Crippen LogP contribution in [-0.4, -0.2) is 37.2 Å². The van der Waals surface area contributed by atoms with Crippen molar-refractivity contribution in [3.63, 3.8) is 0 Å². The highest BCUT2D eigenvalue weighted by Gasteiger charge is 2.19. The molecule has 0 saturated carbocycles. The van der Waals surface area contributed by atoms with Gasteiger partial charge < -0.3 is 14.2 Å². The molecule has 0 aliphatic heterocycles. The molecule has 0 heterocycles. The molecule has 0 amide bonds. The maximum absolute atomic E-state index is 12.9. The summed E-state index contributed by atoms with van der Waals surface area (Å²) < 4.78 is 16.9. The molecule has 0 spiro atoms. The fourth-order valence-corrected chi connectivity index (χ4v) is 9.66. The Balaban J connectivity index is 4.14. The first-order chi connectivity index (χ1) is 37.5. The number of hydrogen-bond acceptors (Lipinski definition) is 6. The summed E-state index contributed by atoms with van der Waals surface area (Å²) in [4.78, 5) is 38.2. The normalized spacial score (nSPS) is 12.4. The summed E-state index contributed by atoms with van der Waals surface area (Å²) in [7, 11) is 0. The molecule has 0 aliphatic rings. The molecule has 0 fully saturated rings. The summed E-state index contributed by atoms with van der Waals surface area (Å²) in [6.45, 7) is 6.59. The van der Waals surface area contributed by atoms with Gasteiger partial charge in [-0.05, 0) is 103 Å². The monoisotopic (exact) mass is 1060 g/mol. The van der Waals surface area contributed by atoms with Crippen LogP contribution in [0.2, 0.25) is 0 Å². The van der Waals surface area contributed by atoms with E-state index in [0.717, 1.165) is 96.3 Å². The topological polar surface area (TPSA) is 78.9 Å². The average molecular weight is 1060 g/mol. The van der Waals surface area contributed by atoms with Crippen LogP contribution in [0, 0.1) is 0 Å². The molecular weight excluding hydrogens is 937 g/mol. The van der Waals surface area contributed by atoms with Crippen LogP contribution in [0.25, 0.3) is 0 Å². The maximum atomic E-state index is 12.9. The quantitative estimate of drug-likeness (QED) is 0.0261. The van der Waals surface area contributed by atoms with Crippen molar-refractivity contribution < 1.29 is 28.6 Å². The second-order valence-corrected chi connectivity index (χ2v) is 22.4. The first-order valence-corrected chi connectivity index (χ1v) is 33.3. The number of hydrogen-bond donors (Lipinski definition) is 0. The van der Waals surface area contributed by atoms with Crippen molar-refractivity contribution in [1.82, 2.24) is 0 Å². The zero-order valence-corrected chi connectivity index (χ0v) is 50.8. The molecule has 0 aromatic rings. The molecule has 6 heteroatoms. The van der Waals surface area contributed by atoms with E-state index in [1.807, 2.05) is 0 Å². The Labute approximate surface area is 472 Å². The van der Waals surface area contributed by atoms with Gasteiger partial charge in [0.15, 0.2) is 6.10 Å². The molecule has 1 atom stereocenters. The van der Waals surface area contributed by atoms with Gasteiger partial charge in [-0.2, -0.15) is 0 Å². The third kappa shape index (κ3) is 62.0. The van der Waals surface area contributed by atoms with Crippen LogP contribution < -0.4 is 0 Å². The van der Waals surface area contributed by atoms with Crippen molar-refractivity contribution >= 4 is 17.9 Å². The van der Waals surface area contributed by atoms with Gasteiger partial charge in [-0.15, -0.1) is 0 Å². The zero-order valence-electron chi connectivity index (χ0n) is 50.8. The van der Waals surface area contributed by atoms with Gasteiger partial charge in [0.05, 0.1) is 0 Å². The van der Waals surface area contributed by atoms with Crippen LogP contribution >= 0.6 is 0 Å². The van der Waals surface area contributed by atoms with Crippen LogP contribution in [0.4, 0.5) is 0 Å². The summed E-state index contributed by atoms with van der Waals surface area (Å²) in [5.74, 6) is -0.886. The summed E-state index contributed by atoms with van der Waals surface area (Å²) in [5.41, 5.74) is 0. The minimum Gasteiger partial charge on any atom is -0.462 e. The standard InChI is InChI=1S/C70H126O6/c1-4-7-10-13-16-19-22-25-27-28-29-30-31-32-33-34-35-36-37-38-39-40-41-42-43-46-48-51-54-57-60-63-69(72)75-66-67(65-74-68(71)62-59-56-53-50-47-44-24-21-18-15-12-9-6-3)76-70(73)64-61-58-55-52-49-45-26-23-20-17-14-11-8-5-2/h14,17,21-26,28-29,67H,4-13,15-16,18-20,27,30-66H2,1-3H3/b17-14-,24-21-,25-22-,26-23-,29-28-. The van der Waals surface area contributed by atoms with Crippen molar-refractivity contribution in [2.24, 2.45) is 0 Å². The second-order valence-electron chi connectivity index (χ2n) is 22.4. The van der Waals surface area contributed by atoms with E-state index < -0.39 is 6.10 Å². The number of carbonyl (C=O) groups excluding carboxylic acids is 3. The molecule has 0 saturated heterocycles. The summed E-state index contributed by atoms with van der Waals surface area (Å²) in [6, 6.07) is 0. The van der Waals surface area contributed by atoms with E-state index in [2.05, 4.69) is 81.5 Å². The van der Waals surface area contributed by atoms with Crippen LogP contribution in [0.15, 0.2) is 60.8 Å². The molecule has 0 rings (SSSR count). The predicted octanol–water partition coefficient (Wildman–Crippen LogP) is 22.7. The fourth-order valence-electron chi connectivity index (χ4n) is 9.66. The van der Waals surface area contributed by atoms with Gasteiger partial charge in [-0.1, -0.05) is 287 Å². The van der Waals surface area contributed by atoms with Crippen molar-refractivity contribution in [2.45, 2.75) is 354 Å². The first kappa shape index (κ1) is 73.1. The lowest BCUT2D eigenvalue weighted by Gasteiger charge is -2.18. The SMILES string of the molecule is CCCC/C=C\C/C=C\CCCCCCCC(=O)OC(COC(=O)CCCCCCC/C=C\CCCCCC)COC(=O)CCCCCCCCCCCCCCCCCCCCC/C=C\C/C=C\CCCCCCC. The van der Waals surface area contributed by atoms with Gasteiger partial charge in [0, 0.05) is 19.3 Å². The molecule has 76 heavy (non-hydrogen) atoms. The second kappa shape index (κ2) is 64.6. The minimum atomic E-state index is -0.783. The number of carbonyl (C=O) groups is 3. The Morgan fingerprint density at radius 2 is 0.487 bits per heavy atom. The van der Waals surface area contributed by atoms with E-state index in [9.17, 15) is 14.4 Å². The highest BCUT2D eigenvalue weighted by Crippen LogP contribution is 2.17. The van der Waals surface area contributed by atoms with E-state index in [0.29, 0.717) is 19.3 Å². The van der Waals surface area contributed by atoms with Crippen LogP contribution in [0.1, 0.15) is 348 Å². The van der Waals surface area contributed by atoms with Gasteiger partial charge in [0.2, 0.25) is 0 Å². The maximum Gasteiger partial charge on any atom is 0.306 e. The number of unbranched alkanes of at least 4 members (excludes halogenated alkanes) is 40. The Morgan fingerprint density at radius 1 is 0.263 bits per heavy atom. The summed E-state index contributed by atoms with van der Waals surface area (Å²) >= 11 is 0. The molecule has 0 N–H and O–H groups in total. The number of rotatable bonds is 61. The van der Waals surface area contributed by atoms with Gasteiger partial charge in [-0.25, -0.2) is 0 Å². The number of esters is 3. The average Bonchev–Trinajstić information content (AvgIpc) is 3.42. The highest BCUT2D eigenvalue weighted by atomic mass is 16.6. The first-order valence-electron chi connectivity index (χ1n) is 33.3. The zero-order chi connectivity index (χ0) is 55.0. The van der Waals surface area contributed by atoms with Crippen molar-refractivity contribution in [2.75, 3.05) is 13.2 Å². The lowest BCUT2D eigenvalue weighted by Crippen LogP contribution is -2.30. The molecule has 0 aromatic carbocycles. The van der Waals surface area contributed by atoms with Crippen molar-refractivity contribution in [3.8, 4) is 0 Å². The molecule has 6 nitrogen and oxygen atoms in total. The minimum absolute atomic E-state index is 0.0795. The Hall–Kier alpha value is -2.89. The van der Waals surface area contributed by atoms with Gasteiger partial charge in [0.25, 0.3) is 0 Å². The van der Waals surface area contributed by atoms with E-state index in [1.54, 1.807) is 0 Å². The van der Waals surface area contributed by atoms with Gasteiger partial charge in [0.1, 0.15) is 13.2 Å². The van der Waals surface area contributed by atoms with Crippen LogP contribution in [0.3, 0.4) is 0 Å². The smallest absolute Gasteiger partial charge is 0.306 e. The van der Waals surface area contributed by atoms with Crippen molar-refractivity contribution in [3.05, 3.63) is 60.8 Å². The largest absolute Gasteiger partial charge is 0.462 e. The van der Waals surface area contributed by atoms with Gasteiger partial charge >= 0.3 is 17.9 Å². The third-order valence-electron chi connectivity index (χ3n) is 14.7. The van der Waals surface area contributed by atoms with E-state index in [-0.39, 0.29) is 31.1 Å². The summed E-state index contributed by atoms with van der Waals surface area (Å²) in [5, 5.41) is 0. The Bertz CT molecular complexity index is 1360. The molecule has 0 bridgehead atoms. The lowest BCUT2D eigenvalue weighted by molar-refractivity contribution is -0.167. The Morgan fingerprint density at radius 3 is 0.789 bits per heavy atom. The van der Waals surface area contributed by atoms with E-state index in [1.165, 1.54) is 212 Å². The number of ether oxygens (including phenoxy) is 3. The molecule has 0 aromatic heterocycles. The summed E-state index contributed by atoms with van der Waals surface area (Å²) in [6.07, 6.45) is 82.5. The van der Waals surface area contributed by atoms with Gasteiger partial charge in [-0.3, -0.25) is 14.4 Å². The Kier molecular flexibility index (Phi) is 62.2.